The summed E-state index contributed by atoms with van der Waals surface area (Å²) < 4.78 is 0. The average Bonchev–Trinajstić information content (AvgIpc) is 2.41. The number of rotatable bonds is 3. The molecule has 0 fully saturated rings. The van der Waals surface area contributed by atoms with Gasteiger partial charge in [-0.1, -0.05) is 30.3 Å². The zero-order valence-corrected chi connectivity index (χ0v) is 12.9. The third-order valence-corrected chi connectivity index (χ3v) is 3.63. The summed E-state index contributed by atoms with van der Waals surface area (Å²) in [6.07, 6.45) is 0. The number of phenols is 1. The van der Waals surface area contributed by atoms with E-state index in [2.05, 4.69) is 5.32 Å². The van der Waals surface area contributed by atoms with Crippen molar-refractivity contribution in [1.82, 2.24) is 5.32 Å². The molecule has 110 valence electrons. The van der Waals surface area contributed by atoms with E-state index in [9.17, 15) is 9.90 Å². The van der Waals surface area contributed by atoms with Crippen LogP contribution in [-0.2, 0) is 10.3 Å². The van der Waals surface area contributed by atoms with E-state index in [1.807, 2.05) is 57.2 Å². The molecule has 0 atom stereocenters. The second-order valence-electron chi connectivity index (χ2n) is 5.88. The SMILES string of the molecule is CC(=O)NC(C)(C)c1ccc(-c2ccc(O)c(C)c2)cc1. The Morgan fingerprint density at radius 1 is 1.05 bits per heavy atom. The van der Waals surface area contributed by atoms with E-state index in [4.69, 9.17) is 0 Å². The molecule has 2 rings (SSSR count). The molecular formula is C18H21NO2. The summed E-state index contributed by atoms with van der Waals surface area (Å²) >= 11 is 0. The minimum Gasteiger partial charge on any atom is -0.508 e. The van der Waals surface area contributed by atoms with Crippen LogP contribution in [-0.4, -0.2) is 11.0 Å². The highest BCUT2D eigenvalue weighted by atomic mass is 16.3. The van der Waals surface area contributed by atoms with Gasteiger partial charge < -0.3 is 10.4 Å². The van der Waals surface area contributed by atoms with E-state index in [0.717, 1.165) is 22.3 Å². The predicted octanol–water partition coefficient (Wildman–Crippen LogP) is 3.74. The van der Waals surface area contributed by atoms with Gasteiger partial charge in [0.1, 0.15) is 5.75 Å². The monoisotopic (exact) mass is 283 g/mol. The van der Waals surface area contributed by atoms with E-state index in [0.29, 0.717) is 5.75 Å². The summed E-state index contributed by atoms with van der Waals surface area (Å²) in [5, 5.41) is 12.5. The van der Waals surface area contributed by atoms with Gasteiger partial charge in [-0.25, -0.2) is 0 Å². The number of hydrogen-bond donors (Lipinski definition) is 2. The number of benzene rings is 2. The van der Waals surface area contributed by atoms with Crippen LogP contribution in [0.5, 0.6) is 5.75 Å². The fourth-order valence-electron chi connectivity index (χ4n) is 2.43. The average molecular weight is 283 g/mol. The zero-order chi connectivity index (χ0) is 15.6. The summed E-state index contributed by atoms with van der Waals surface area (Å²) in [6.45, 7) is 7.37. The van der Waals surface area contributed by atoms with Crippen LogP contribution in [0.3, 0.4) is 0 Å². The molecule has 0 aromatic heterocycles. The van der Waals surface area contributed by atoms with Crippen molar-refractivity contribution >= 4 is 5.91 Å². The van der Waals surface area contributed by atoms with Crippen molar-refractivity contribution in [3.63, 3.8) is 0 Å². The summed E-state index contributed by atoms with van der Waals surface area (Å²) in [6, 6.07) is 13.7. The van der Waals surface area contributed by atoms with Crippen LogP contribution >= 0.6 is 0 Å². The van der Waals surface area contributed by atoms with Crippen LogP contribution in [0.15, 0.2) is 42.5 Å². The minimum atomic E-state index is -0.394. The maximum Gasteiger partial charge on any atom is 0.217 e. The molecular weight excluding hydrogens is 262 g/mol. The second-order valence-corrected chi connectivity index (χ2v) is 5.88. The first kappa shape index (κ1) is 15.1. The fraction of sp³-hybridized carbons (Fsp3) is 0.278. The van der Waals surface area contributed by atoms with Crippen LogP contribution in [0.1, 0.15) is 31.9 Å². The van der Waals surface area contributed by atoms with Gasteiger partial charge in [-0.15, -0.1) is 0 Å². The molecule has 3 nitrogen and oxygen atoms in total. The Bertz CT molecular complexity index is 657. The van der Waals surface area contributed by atoms with Crippen LogP contribution in [0.25, 0.3) is 11.1 Å². The smallest absolute Gasteiger partial charge is 0.217 e. The van der Waals surface area contributed by atoms with Crippen molar-refractivity contribution in [3.8, 4) is 16.9 Å². The molecule has 0 unspecified atom stereocenters. The predicted molar refractivity (Wildman–Crippen MR) is 85.1 cm³/mol. The summed E-state index contributed by atoms with van der Waals surface area (Å²) in [5.41, 5.74) is 3.66. The molecule has 21 heavy (non-hydrogen) atoms. The van der Waals surface area contributed by atoms with Gasteiger partial charge in [-0.3, -0.25) is 4.79 Å². The highest BCUT2D eigenvalue weighted by Crippen LogP contribution is 2.27. The normalized spacial score (nSPS) is 11.2. The van der Waals surface area contributed by atoms with Crippen LogP contribution in [0.2, 0.25) is 0 Å². The van der Waals surface area contributed by atoms with Crippen LogP contribution in [0, 0.1) is 6.92 Å². The van der Waals surface area contributed by atoms with Gasteiger partial charge >= 0.3 is 0 Å². The van der Waals surface area contributed by atoms with Crippen LogP contribution in [0.4, 0.5) is 0 Å². The van der Waals surface area contributed by atoms with E-state index >= 15 is 0 Å². The zero-order valence-electron chi connectivity index (χ0n) is 12.9. The maximum absolute atomic E-state index is 11.3. The first-order valence-electron chi connectivity index (χ1n) is 6.99. The number of aryl methyl sites for hydroxylation is 1. The van der Waals surface area contributed by atoms with E-state index in [1.54, 1.807) is 6.07 Å². The highest BCUT2D eigenvalue weighted by molar-refractivity contribution is 5.74. The Morgan fingerprint density at radius 2 is 1.62 bits per heavy atom. The van der Waals surface area contributed by atoms with Gasteiger partial charge in [-0.2, -0.15) is 0 Å². The maximum atomic E-state index is 11.3. The third kappa shape index (κ3) is 3.43. The van der Waals surface area contributed by atoms with Gasteiger partial charge in [0.25, 0.3) is 0 Å². The minimum absolute atomic E-state index is 0.0433. The largest absolute Gasteiger partial charge is 0.508 e. The number of hydrogen-bond acceptors (Lipinski definition) is 2. The first-order chi connectivity index (χ1) is 9.79. The first-order valence-corrected chi connectivity index (χ1v) is 6.99. The molecule has 0 aliphatic rings. The lowest BCUT2D eigenvalue weighted by Crippen LogP contribution is -2.39. The fourth-order valence-corrected chi connectivity index (χ4v) is 2.43. The Balaban J connectivity index is 2.30. The van der Waals surface area contributed by atoms with Crippen LogP contribution < -0.4 is 5.32 Å². The van der Waals surface area contributed by atoms with Crippen molar-refractivity contribution in [1.29, 1.82) is 0 Å². The molecule has 0 bridgehead atoms. The lowest BCUT2D eigenvalue weighted by molar-refractivity contribution is -0.120. The molecule has 0 radical (unpaired) electrons. The summed E-state index contributed by atoms with van der Waals surface area (Å²) in [7, 11) is 0. The van der Waals surface area contributed by atoms with E-state index in [-0.39, 0.29) is 5.91 Å². The Morgan fingerprint density at radius 3 is 2.14 bits per heavy atom. The molecule has 3 heteroatoms. The van der Waals surface area contributed by atoms with Crippen molar-refractivity contribution in [2.75, 3.05) is 0 Å². The summed E-state index contributed by atoms with van der Waals surface area (Å²) in [5.74, 6) is 0.264. The number of nitrogens with one attached hydrogen (secondary N) is 1. The number of aromatic hydroxyl groups is 1. The van der Waals surface area contributed by atoms with E-state index in [1.165, 1.54) is 6.92 Å². The summed E-state index contributed by atoms with van der Waals surface area (Å²) in [4.78, 5) is 11.3. The molecule has 2 N–H and O–H groups in total. The molecule has 1 amide bonds. The lowest BCUT2D eigenvalue weighted by atomic mass is 9.92. The Kier molecular flexibility index (Phi) is 4.03. The molecule has 0 spiro atoms. The molecule has 0 saturated heterocycles. The molecule has 2 aromatic carbocycles. The molecule has 2 aromatic rings. The standard InChI is InChI=1S/C18H21NO2/c1-12-11-15(7-10-17(12)21)14-5-8-16(9-6-14)18(3,4)19-13(2)20/h5-11,21H,1-4H3,(H,19,20). The number of amides is 1. The molecule has 0 aliphatic heterocycles. The third-order valence-electron chi connectivity index (χ3n) is 3.63. The van der Waals surface area contributed by atoms with Crippen molar-refractivity contribution < 1.29 is 9.90 Å². The van der Waals surface area contributed by atoms with Gasteiger partial charge in [0.2, 0.25) is 5.91 Å². The number of carbonyl (C=O) groups excluding carboxylic acids is 1. The lowest BCUT2D eigenvalue weighted by Gasteiger charge is -2.26. The number of phenolic OH excluding ortho intramolecular Hbond substituents is 1. The molecule has 0 heterocycles. The second kappa shape index (κ2) is 5.60. The van der Waals surface area contributed by atoms with Gasteiger partial charge in [0, 0.05) is 6.92 Å². The van der Waals surface area contributed by atoms with Gasteiger partial charge in [0.15, 0.2) is 0 Å². The Labute approximate surface area is 125 Å². The number of carbonyl (C=O) groups is 1. The highest BCUT2D eigenvalue weighted by Gasteiger charge is 2.21. The molecule has 0 aliphatic carbocycles. The van der Waals surface area contributed by atoms with Gasteiger partial charge in [-0.05, 0) is 55.2 Å². The topological polar surface area (TPSA) is 49.3 Å². The van der Waals surface area contributed by atoms with Crippen molar-refractivity contribution in [3.05, 3.63) is 53.6 Å². The molecule has 0 saturated carbocycles. The van der Waals surface area contributed by atoms with Gasteiger partial charge in [0.05, 0.1) is 5.54 Å². The van der Waals surface area contributed by atoms with E-state index < -0.39 is 5.54 Å². The van der Waals surface area contributed by atoms with Crippen molar-refractivity contribution in [2.24, 2.45) is 0 Å². The Hall–Kier alpha value is -2.29. The van der Waals surface area contributed by atoms with Crippen molar-refractivity contribution in [2.45, 2.75) is 33.2 Å². The quantitative estimate of drug-likeness (QED) is 0.901.